The molecule has 1 atom stereocenters. The van der Waals surface area contributed by atoms with Crippen LogP contribution in [0.2, 0.25) is 5.02 Å². The van der Waals surface area contributed by atoms with Crippen LogP contribution in [0.15, 0.2) is 11.0 Å². The van der Waals surface area contributed by atoms with E-state index in [4.69, 9.17) is 16.7 Å². The van der Waals surface area contributed by atoms with E-state index in [0.29, 0.717) is 5.69 Å². The lowest BCUT2D eigenvalue weighted by molar-refractivity contribution is 0.266. The molecule has 0 aliphatic rings. The van der Waals surface area contributed by atoms with Gasteiger partial charge in [0.2, 0.25) is 0 Å². The number of aromatic nitrogens is 2. The maximum atomic E-state index is 11.8. The SMILES string of the molecule is CC(Nc1cnn(CCO)c(=O)c1Cl)C(C)(C)C. The maximum absolute atomic E-state index is 11.8. The zero-order chi connectivity index (χ0) is 13.9. The molecule has 0 saturated carbocycles. The average molecular weight is 274 g/mol. The van der Waals surface area contributed by atoms with Gasteiger partial charge in [-0.05, 0) is 12.3 Å². The van der Waals surface area contributed by atoms with Gasteiger partial charge >= 0.3 is 0 Å². The Labute approximate surface area is 112 Å². The summed E-state index contributed by atoms with van der Waals surface area (Å²) >= 11 is 6.01. The highest BCUT2D eigenvalue weighted by Crippen LogP contribution is 2.24. The van der Waals surface area contributed by atoms with E-state index in [0.717, 1.165) is 4.68 Å². The Bertz CT molecular complexity index is 465. The van der Waals surface area contributed by atoms with Crippen LogP contribution in [0.25, 0.3) is 0 Å². The number of rotatable bonds is 4. The molecule has 0 amide bonds. The lowest BCUT2D eigenvalue weighted by Crippen LogP contribution is -2.32. The van der Waals surface area contributed by atoms with Crippen molar-refractivity contribution in [2.45, 2.75) is 40.3 Å². The highest BCUT2D eigenvalue weighted by Gasteiger charge is 2.21. The fraction of sp³-hybridized carbons (Fsp3) is 0.667. The molecule has 0 fully saturated rings. The van der Waals surface area contributed by atoms with E-state index in [2.05, 4.69) is 31.2 Å². The molecular formula is C12H20ClN3O2. The van der Waals surface area contributed by atoms with Gasteiger partial charge in [0, 0.05) is 6.04 Å². The van der Waals surface area contributed by atoms with Crippen molar-refractivity contribution in [3.8, 4) is 0 Å². The van der Waals surface area contributed by atoms with Crippen LogP contribution in [0.1, 0.15) is 27.7 Å². The van der Waals surface area contributed by atoms with E-state index in [1.54, 1.807) is 0 Å². The molecule has 0 aliphatic carbocycles. The van der Waals surface area contributed by atoms with Crippen molar-refractivity contribution in [2.24, 2.45) is 5.41 Å². The molecule has 1 rings (SSSR count). The molecule has 5 nitrogen and oxygen atoms in total. The summed E-state index contributed by atoms with van der Waals surface area (Å²) < 4.78 is 1.15. The Morgan fingerprint density at radius 1 is 1.56 bits per heavy atom. The minimum absolute atomic E-state index is 0.0449. The molecule has 0 bridgehead atoms. The second-order valence-corrected chi connectivity index (χ2v) is 5.73. The third kappa shape index (κ3) is 3.46. The molecule has 1 unspecified atom stereocenters. The summed E-state index contributed by atoms with van der Waals surface area (Å²) in [7, 11) is 0. The van der Waals surface area contributed by atoms with Crippen LogP contribution in [0, 0.1) is 5.41 Å². The average Bonchev–Trinajstić information content (AvgIpc) is 2.27. The summed E-state index contributed by atoms with van der Waals surface area (Å²) in [5.74, 6) is 0. The Balaban J connectivity index is 2.99. The molecule has 2 N–H and O–H groups in total. The van der Waals surface area contributed by atoms with Crippen molar-refractivity contribution >= 4 is 17.3 Å². The molecule has 18 heavy (non-hydrogen) atoms. The zero-order valence-corrected chi connectivity index (χ0v) is 12.0. The Hall–Kier alpha value is -1.07. The van der Waals surface area contributed by atoms with E-state index < -0.39 is 5.56 Å². The highest BCUT2D eigenvalue weighted by atomic mass is 35.5. The summed E-state index contributed by atoms with van der Waals surface area (Å²) in [4.78, 5) is 11.8. The summed E-state index contributed by atoms with van der Waals surface area (Å²) in [5.41, 5.74) is 0.179. The molecule has 0 aromatic carbocycles. The number of nitrogens with one attached hydrogen (secondary N) is 1. The van der Waals surface area contributed by atoms with Gasteiger partial charge < -0.3 is 10.4 Å². The molecule has 1 aromatic heterocycles. The van der Waals surface area contributed by atoms with Gasteiger partial charge in [0.1, 0.15) is 5.02 Å². The normalized spacial score (nSPS) is 13.4. The lowest BCUT2D eigenvalue weighted by Gasteiger charge is -2.29. The molecule has 6 heteroatoms. The van der Waals surface area contributed by atoms with E-state index in [9.17, 15) is 4.79 Å². The molecule has 0 saturated heterocycles. The molecule has 102 valence electrons. The standard InChI is InChI=1S/C12H20ClN3O2/c1-8(12(2,3)4)15-9-7-14-16(5-6-17)11(18)10(9)13/h7-8,15,17H,5-6H2,1-4H3. The van der Waals surface area contributed by atoms with Gasteiger partial charge in [-0.1, -0.05) is 32.4 Å². The van der Waals surface area contributed by atoms with Crippen LogP contribution in [-0.2, 0) is 6.54 Å². The first-order valence-electron chi connectivity index (χ1n) is 5.90. The monoisotopic (exact) mass is 273 g/mol. The quantitative estimate of drug-likeness (QED) is 0.877. The summed E-state index contributed by atoms with van der Waals surface area (Å²) in [6.45, 7) is 8.31. The predicted octanol–water partition coefficient (Wildman–Crippen LogP) is 1.74. The summed E-state index contributed by atoms with van der Waals surface area (Å²) in [6, 6.07) is 0.143. The lowest BCUT2D eigenvalue weighted by atomic mass is 9.88. The molecule has 1 heterocycles. The number of hydrogen-bond acceptors (Lipinski definition) is 4. The highest BCUT2D eigenvalue weighted by molar-refractivity contribution is 6.32. The second kappa shape index (κ2) is 5.71. The fourth-order valence-electron chi connectivity index (χ4n) is 1.27. The van der Waals surface area contributed by atoms with E-state index in [1.165, 1.54) is 6.20 Å². The molecule has 0 spiro atoms. The first-order valence-corrected chi connectivity index (χ1v) is 6.28. The molecular weight excluding hydrogens is 254 g/mol. The minimum atomic E-state index is -0.392. The van der Waals surface area contributed by atoms with Crippen LogP contribution in [-0.4, -0.2) is 27.5 Å². The van der Waals surface area contributed by atoms with Crippen LogP contribution < -0.4 is 10.9 Å². The van der Waals surface area contributed by atoms with E-state index in [-0.39, 0.29) is 29.6 Å². The minimum Gasteiger partial charge on any atom is -0.394 e. The summed E-state index contributed by atoms with van der Waals surface area (Å²) in [6.07, 6.45) is 1.52. The number of nitrogens with zero attached hydrogens (tertiary/aromatic N) is 2. The van der Waals surface area contributed by atoms with Gasteiger partial charge in [0.25, 0.3) is 5.56 Å². The summed E-state index contributed by atoms with van der Waals surface area (Å²) in [5, 5.41) is 16.1. The van der Waals surface area contributed by atoms with Crippen LogP contribution in [0.4, 0.5) is 5.69 Å². The van der Waals surface area contributed by atoms with Crippen LogP contribution in [0.5, 0.6) is 0 Å². The van der Waals surface area contributed by atoms with Crippen molar-refractivity contribution in [1.82, 2.24) is 9.78 Å². The van der Waals surface area contributed by atoms with Crippen LogP contribution in [0.3, 0.4) is 0 Å². The van der Waals surface area contributed by atoms with Crippen molar-refractivity contribution in [1.29, 1.82) is 0 Å². The second-order valence-electron chi connectivity index (χ2n) is 5.36. The molecule has 1 aromatic rings. The number of halogens is 1. The zero-order valence-electron chi connectivity index (χ0n) is 11.2. The van der Waals surface area contributed by atoms with Gasteiger partial charge in [-0.3, -0.25) is 4.79 Å². The topological polar surface area (TPSA) is 67.2 Å². The van der Waals surface area contributed by atoms with Crippen molar-refractivity contribution in [2.75, 3.05) is 11.9 Å². The first-order chi connectivity index (χ1) is 8.27. The number of anilines is 1. The van der Waals surface area contributed by atoms with Gasteiger partial charge in [-0.15, -0.1) is 0 Å². The number of aliphatic hydroxyl groups excluding tert-OH is 1. The number of aliphatic hydroxyl groups is 1. The third-order valence-electron chi connectivity index (χ3n) is 2.97. The fourth-order valence-corrected chi connectivity index (χ4v) is 1.47. The van der Waals surface area contributed by atoms with E-state index in [1.807, 2.05) is 6.92 Å². The smallest absolute Gasteiger partial charge is 0.287 e. The predicted molar refractivity (Wildman–Crippen MR) is 73.1 cm³/mol. The van der Waals surface area contributed by atoms with Gasteiger partial charge in [-0.2, -0.15) is 5.10 Å². The molecule has 0 aliphatic heterocycles. The van der Waals surface area contributed by atoms with Crippen molar-refractivity contribution in [3.05, 3.63) is 21.6 Å². The first kappa shape index (κ1) is 15.0. The maximum Gasteiger partial charge on any atom is 0.287 e. The third-order valence-corrected chi connectivity index (χ3v) is 3.33. The van der Waals surface area contributed by atoms with Crippen LogP contribution >= 0.6 is 11.6 Å². The Morgan fingerprint density at radius 3 is 2.67 bits per heavy atom. The van der Waals surface area contributed by atoms with Crippen molar-refractivity contribution < 1.29 is 5.11 Å². The van der Waals surface area contributed by atoms with Crippen molar-refractivity contribution in [3.63, 3.8) is 0 Å². The largest absolute Gasteiger partial charge is 0.394 e. The molecule has 0 radical (unpaired) electrons. The Morgan fingerprint density at radius 2 is 2.17 bits per heavy atom. The van der Waals surface area contributed by atoms with E-state index >= 15 is 0 Å². The van der Waals surface area contributed by atoms with Gasteiger partial charge in [0.05, 0.1) is 25.0 Å². The number of hydrogen-bond donors (Lipinski definition) is 2. The Kier molecular flexibility index (Phi) is 4.76. The van der Waals surface area contributed by atoms with Gasteiger partial charge in [0.15, 0.2) is 0 Å². The van der Waals surface area contributed by atoms with Gasteiger partial charge in [-0.25, -0.2) is 4.68 Å².